The summed E-state index contributed by atoms with van der Waals surface area (Å²) in [5, 5.41) is 0. The van der Waals surface area contributed by atoms with Crippen LogP contribution in [0.25, 0.3) is 0 Å². The predicted octanol–water partition coefficient (Wildman–Crippen LogP) is 1.90. The van der Waals surface area contributed by atoms with Crippen LogP contribution in [0.15, 0.2) is 0 Å². The van der Waals surface area contributed by atoms with Crippen LogP contribution in [-0.2, 0) is 21.9 Å². The lowest BCUT2D eigenvalue weighted by Gasteiger charge is -2.09. The Morgan fingerprint density at radius 2 is 1.50 bits per heavy atom. The molecule has 0 N–H and O–H groups in total. The van der Waals surface area contributed by atoms with Gasteiger partial charge in [0.05, 0.1) is 6.61 Å². The van der Waals surface area contributed by atoms with Crippen LogP contribution in [0.3, 0.4) is 0 Å². The SMILES string of the molecule is CC(C)[O][Al][O]C(C)C.CCOC(=O)CC(C)=O. The smallest absolute Gasteiger partial charge is 0.482 e. The Bertz CT molecular complexity index is 221. The molecule has 0 bridgehead atoms. The Morgan fingerprint density at radius 3 is 1.78 bits per heavy atom. The van der Waals surface area contributed by atoms with Crippen LogP contribution < -0.4 is 0 Å². The number of rotatable bonds is 7. The molecule has 0 aliphatic heterocycles. The quantitative estimate of drug-likeness (QED) is 0.403. The molecule has 1 radical (unpaired) electrons. The fraction of sp³-hybridized carbons (Fsp3) is 0.833. The zero-order valence-electron chi connectivity index (χ0n) is 12.2. The van der Waals surface area contributed by atoms with Gasteiger partial charge in [0, 0.05) is 12.2 Å². The molecule has 0 saturated carbocycles. The summed E-state index contributed by atoms with van der Waals surface area (Å²) in [6.07, 6.45) is 0.505. The third kappa shape index (κ3) is 20.9. The highest BCUT2D eigenvalue weighted by Crippen LogP contribution is 1.89. The standard InChI is InChI=1S/C6H10O3.2C3H7O.Al/c1-3-9-6(8)4-5(2)7;2*1-3(2)4;/h3-4H2,1-2H3;2*3H,1-2H3;/q;2*-1;+2. The molecule has 0 rings (SSSR count). The summed E-state index contributed by atoms with van der Waals surface area (Å²) >= 11 is -0.245. The first-order valence-corrected chi connectivity index (χ1v) is 7.01. The summed E-state index contributed by atoms with van der Waals surface area (Å²) in [6, 6.07) is 0. The molecule has 6 heteroatoms. The Morgan fingerprint density at radius 1 is 1.06 bits per heavy atom. The van der Waals surface area contributed by atoms with Crippen LogP contribution in [-0.4, -0.2) is 46.5 Å². The van der Waals surface area contributed by atoms with E-state index in [2.05, 4.69) is 4.74 Å². The molecule has 0 aromatic rings. The lowest BCUT2D eigenvalue weighted by molar-refractivity contribution is -0.145. The van der Waals surface area contributed by atoms with Crippen molar-refractivity contribution >= 4 is 27.6 Å². The average Bonchev–Trinajstić information content (AvgIpc) is 2.16. The Labute approximate surface area is 117 Å². The number of hydrogen-bond donors (Lipinski definition) is 0. The van der Waals surface area contributed by atoms with E-state index in [0.29, 0.717) is 18.8 Å². The van der Waals surface area contributed by atoms with Gasteiger partial charge in [-0.15, -0.1) is 0 Å². The largest absolute Gasteiger partial charge is 0.668 e. The minimum atomic E-state index is -0.440. The van der Waals surface area contributed by atoms with E-state index in [1.165, 1.54) is 6.92 Å². The molecule has 0 aromatic carbocycles. The third-order valence-electron chi connectivity index (χ3n) is 1.35. The summed E-state index contributed by atoms with van der Waals surface area (Å²) in [7, 11) is 0. The molecular formula is C12H24AlO5. The van der Waals surface area contributed by atoms with Crippen molar-refractivity contribution in [2.45, 2.75) is 60.2 Å². The molecule has 18 heavy (non-hydrogen) atoms. The minimum Gasteiger partial charge on any atom is -0.482 e. The molecule has 0 fully saturated rings. The number of ketones is 1. The molecule has 5 nitrogen and oxygen atoms in total. The number of ether oxygens (including phenoxy) is 1. The molecule has 0 unspecified atom stereocenters. The highest BCUT2D eigenvalue weighted by Gasteiger charge is 2.03. The molecule has 105 valence electrons. The second kappa shape index (κ2) is 13.0. The molecule has 0 aliphatic rings. The van der Waals surface area contributed by atoms with Crippen molar-refractivity contribution in [1.29, 1.82) is 0 Å². The van der Waals surface area contributed by atoms with E-state index < -0.39 is 5.97 Å². The monoisotopic (exact) mass is 275 g/mol. The van der Waals surface area contributed by atoms with Gasteiger partial charge in [0.1, 0.15) is 12.2 Å². The van der Waals surface area contributed by atoms with E-state index in [1.807, 2.05) is 27.7 Å². The van der Waals surface area contributed by atoms with Gasteiger partial charge in [-0.1, -0.05) is 0 Å². The van der Waals surface area contributed by atoms with E-state index in [1.54, 1.807) is 6.92 Å². The van der Waals surface area contributed by atoms with Crippen LogP contribution in [0.1, 0.15) is 48.0 Å². The highest BCUT2D eigenvalue weighted by molar-refractivity contribution is 6.18. The van der Waals surface area contributed by atoms with Crippen LogP contribution >= 0.6 is 0 Å². The van der Waals surface area contributed by atoms with Crippen molar-refractivity contribution in [1.82, 2.24) is 0 Å². The van der Waals surface area contributed by atoms with Crippen LogP contribution in [0, 0.1) is 0 Å². The zero-order chi connectivity index (χ0) is 14.6. The lowest BCUT2D eigenvalue weighted by atomic mass is 10.3. The van der Waals surface area contributed by atoms with Crippen LogP contribution in [0.2, 0.25) is 0 Å². The van der Waals surface area contributed by atoms with Gasteiger partial charge < -0.3 is 12.3 Å². The van der Waals surface area contributed by atoms with E-state index >= 15 is 0 Å². The predicted molar refractivity (Wildman–Crippen MR) is 70.1 cm³/mol. The summed E-state index contributed by atoms with van der Waals surface area (Å²) in [4.78, 5) is 20.6. The maximum Gasteiger partial charge on any atom is 0.668 e. The topological polar surface area (TPSA) is 61.8 Å². The van der Waals surface area contributed by atoms with E-state index in [0.717, 1.165) is 0 Å². The third-order valence-corrected chi connectivity index (χ3v) is 2.66. The van der Waals surface area contributed by atoms with Gasteiger partial charge >= 0.3 is 21.9 Å². The molecule has 0 aliphatic carbocycles. The summed E-state index contributed by atoms with van der Waals surface area (Å²) < 4.78 is 14.9. The molecule has 0 aromatic heterocycles. The van der Waals surface area contributed by atoms with Crippen molar-refractivity contribution in [2.75, 3.05) is 6.61 Å². The number of carbonyl (C=O) groups is 2. The Kier molecular flexibility index (Phi) is 14.4. The number of carbonyl (C=O) groups excluding carboxylic acids is 2. The number of Topliss-reactive ketones (excluding diaryl/α,β-unsaturated/α-hetero) is 1. The van der Waals surface area contributed by atoms with E-state index in [9.17, 15) is 9.59 Å². The fourth-order valence-corrected chi connectivity index (χ4v) is 1.18. The van der Waals surface area contributed by atoms with Crippen molar-refractivity contribution in [3.8, 4) is 0 Å². The Hall–Kier alpha value is -0.408. The van der Waals surface area contributed by atoms with Gasteiger partial charge in [-0.25, -0.2) is 0 Å². The van der Waals surface area contributed by atoms with Crippen molar-refractivity contribution < 1.29 is 21.9 Å². The second-order valence-corrected chi connectivity index (χ2v) is 4.89. The fourth-order valence-electron chi connectivity index (χ4n) is 0.670. The first-order valence-electron chi connectivity index (χ1n) is 6.07. The molecule has 0 spiro atoms. The minimum absolute atomic E-state index is 0.103. The van der Waals surface area contributed by atoms with Gasteiger partial charge in [-0.05, 0) is 41.5 Å². The molecule has 0 heterocycles. The van der Waals surface area contributed by atoms with Gasteiger partial charge in [0.2, 0.25) is 0 Å². The first-order chi connectivity index (χ1) is 8.29. The number of hydrogen-bond acceptors (Lipinski definition) is 5. The molecular weight excluding hydrogens is 251 g/mol. The van der Waals surface area contributed by atoms with E-state index in [-0.39, 0.29) is 28.1 Å². The normalized spacial score (nSPS) is 9.78. The van der Waals surface area contributed by atoms with Gasteiger partial charge in [-0.3, -0.25) is 9.59 Å². The molecule has 0 saturated heterocycles. The zero-order valence-corrected chi connectivity index (χ0v) is 13.3. The maximum absolute atomic E-state index is 10.4. The first kappa shape index (κ1) is 19.9. The molecule has 0 amide bonds. The van der Waals surface area contributed by atoms with Crippen LogP contribution in [0.5, 0.6) is 0 Å². The summed E-state index contributed by atoms with van der Waals surface area (Å²) in [5.74, 6) is -0.599. The highest BCUT2D eigenvalue weighted by atomic mass is 27.2. The Balaban J connectivity index is 0. The van der Waals surface area contributed by atoms with Gasteiger partial charge in [-0.2, -0.15) is 0 Å². The van der Waals surface area contributed by atoms with Crippen LogP contribution in [0.4, 0.5) is 0 Å². The molecule has 0 atom stereocenters. The number of esters is 1. The van der Waals surface area contributed by atoms with E-state index in [4.69, 9.17) is 7.58 Å². The van der Waals surface area contributed by atoms with Gasteiger partial charge in [0.25, 0.3) is 0 Å². The van der Waals surface area contributed by atoms with Crippen molar-refractivity contribution in [3.63, 3.8) is 0 Å². The second-order valence-electron chi connectivity index (χ2n) is 4.15. The maximum atomic E-state index is 10.4. The van der Waals surface area contributed by atoms with Crippen molar-refractivity contribution in [2.24, 2.45) is 0 Å². The average molecular weight is 275 g/mol. The van der Waals surface area contributed by atoms with Gasteiger partial charge in [0.15, 0.2) is 0 Å². The lowest BCUT2D eigenvalue weighted by Crippen LogP contribution is -2.14. The summed E-state index contributed by atoms with van der Waals surface area (Å²) in [6.45, 7) is 11.4. The van der Waals surface area contributed by atoms with Crippen molar-refractivity contribution in [3.05, 3.63) is 0 Å². The summed E-state index contributed by atoms with van der Waals surface area (Å²) in [5.41, 5.74) is 0.